The molecule has 0 radical (unpaired) electrons. The molecular weight excluding hydrogens is 524 g/mol. The second-order valence-corrected chi connectivity index (χ2v) is 12.6. The van der Waals surface area contributed by atoms with Crippen LogP contribution in [0.1, 0.15) is 61.2 Å². The summed E-state index contributed by atoms with van der Waals surface area (Å²) in [5, 5.41) is 8.02. The van der Waals surface area contributed by atoms with Gasteiger partial charge < -0.3 is 14.8 Å². The lowest BCUT2D eigenvalue weighted by atomic mass is 9.87. The van der Waals surface area contributed by atoms with Gasteiger partial charge in [-0.1, -0.05) is 50.6 Å². The molecule has 40 heavy (non-hydrogen) atoms. The van der Waals surface area contributed by atoms with Gasteiger partial charge in [-0.15, -0.1) is 11.8 Å². The predicted molar refractivity (Wildman–Crippen MR) is 159 cm³/mol. The summed E-state index contributed by atoms with van der Waals surface area (Å²) in [7, 11) is 1.63. The minimum atomic E-state index is -0.314. The van der Waals surface area contributed by atoms with Crippen LogP contribution in [0.4, 0.5) is 5.82 Å². The lowest BCUT2D eigenvalue weighted by Crippen LogP contribution is -2.44. The molecule has 2 atom stereocenters. The van der Waals surface area contributed by atoms with Crippen LogP contribution in [0.5, 0.6) is 5.75 Å². The fraction of sp³-hybridized carbons (Fsp3) is 0.452. The molecule has 212 valence electrons. The van der Waals surface area contributed by atoms with E-state index in [0.29, 0.717) is 12.4 Å². The highest BCUT2D eigenvalue weighted by Gasteiger charge is 2.40. The van der Waals surface area contributed by atoms with Crippen LogP contribution >= 0.6 is 11.8 Å². The molecule has 0 saturated carbocycles. The van der Waals surface area contributed by atoms with Gasteiger partial charge in [-0.25, -0.2) is 4.68 Å². The molecule has 1 saturated heterocycles. The van der Waals surface area contributed by atoms with E-state index in [2.05, 4.69) is 57.3 Å². The predicted octanol–water partition coefficient (Wildman–Crippen LogP) is 4.95. The fourth-order valence-corrected chi connectivity index (χ4v) is 6.49. The van der Waals surface area contributed by atoms with Crippen molar-refractivity contribution in [3.8, 4) is 11.4 Å². The molecule has 5 rings (SSSR count). The van der Waals surface area contributed by atoms with E-state index in [-0.39, 0.29) is 40.9 Å². The standard InChI is InChI=1S/C31H38N4O4S/c1-20-8-6-9-21(16-20)28-27-29(31(2,3)4)33-35(22-11-13-23(38-5)14-12-22)30(27)34(26(37)19-40-28)18-25(36)32-17-24-10-7-15-39-24/h6,8-9,11-14,16,24,28H,7,10,15,17-19H2,1-5H3,(H,32,36)/t24-,28+/m1/s1. The van der Waals surface area contributed by atoms with Gasteiger partial charge >= 0.3 is 0 Å². The van der Waals surface area contributed by atoms with Gasteiger partial charge in [-0.2, -0.15) is 5.10 Å². The van der Waals surface area contributed by atoms with Gasteiger partial charge in [0, 0.05) is 24.1 Å². The van der Waals surface area contributed by atoms with Crippen LogP contribution in [0.3, 0.4) is 0 Å². The zero-order valence-electron chi connectivity index (χ0n) is 23.9. The molecule has 0 unspecified atom stereocenters. The second kappa shape index (κ2) is 11.7. The molecular formula is C31H38N4O4S. The van der Waals surface area contributed by atoms with E-state index in [0.717, 1.165) is 53.3 Å². The van der Waals surface area contributed by atoms with Crippen molar-refractivity contribution in [1.29, 1.82) is 0 Å². The average Bonchev–Trinajstić information content (AvgIpc) is 3.56. The summed E-state index contributed by atoms with van der Waals surface area (Å²) in [4.78, 5) is 28.7. The van der Waals surface area contributed by atoms with Gasteiger partial charge in [0.15, 0.2) is 0 Å². The Balaban J connectivity index is 1.65. The summed E-state index contributed by atoms with van der Waals surface area (Å²) in [6.07, 6.45) is 1.96. The number of aryl methyl sites for hydroxylation is 1. The molecule has 2 amide bonds. The van der Waals surface area contributed by atoms with Crippen molar-refractivity contribution in [2.24, 2.45) is 0 Å². The maximum atomic E-state index is 13.8. The maximum Gasteiger partial charge on any atom is 0.240 e. The van der Waals surface area contributed by atoms with Gasteiger partial charge in [0.2, 0.25) is 11.8 Å². The Bertz CT molecular complexity index is 1370. The summed E-state index contributed by atoms with van der Waals surface area (Å²) < 4.78 is 12.9. The number of hydrogen-bond acceptors (Lipinski definition) is 6. The number of amides is 2. The summed E-state index contributed by atoms with van der Waals surface area (Å²) in [5.74, 6) is 1.28. The molecule has 0 bridgehead atoms. The number of hydrogen-bond donors (Lipinski definition) is 1. The molecule has 2 aromatic carbocycles. The van der Waals surface area contributed by atoms with Crippen LogP contribution in [0, 0.1) is 6.92 Å². The van der Waals surface area contributed by atoms with Crippen molar-refractivity contribution < 1.29 is 19.1 Å². The number of ether oxygens (including phenoxy) is 2. The largest absolute Gasteiger partial charge is 0.497 e. The van der Waals surface area contributed by atoms with Gasteiger partial charge in [-0.05, 0) is 49.6 Å². The Morgan fingerprint density at radius 1 is 1.20 bits per heavy atom. The third-order valence-corrected chi connectivity index (χ3v) is 8.57. The smallest absolute Gasteiger partial charge is 0.240 e. The highest BCUT2D eigenvalue weighted by atomic mass is 32.2. The normalized spacial score (nSPS) is 19.3. The number of aromatic nitrogens is 2. The van der Waals surface area contributed by atoms with E-state index in [1.165, 1.54) is 0 Å². The van der Waals surface area contributed by atoms with Crippen molar-refractivity contribution >= 4 is 29.4 Å². The molecule has 0 spiro atoms. The Morgan fingerprint density at radius 3 is 2.62 bits per heavy atom. The van der Waals surface area contributed by atoms with Crippen LogP contribution in [0.15, 0.2) is 48.5 Å². The minimum Gasteiger partial charge on any atom is -0.497 e. The number of nitrogens with one attached hydrogen (secondary N) is 1. The van der Waals surface area contributed by atoms with Crippen LogP contribution in [0.25, 0.3) is 5.69 Å². The number of nitrogens with zero attached hydrogens (tertiary/aromatic N) is 3. The number of fused-ring (bicyclic) bond motifs is 1. The lowest BCUT2D eigenvalue weighted by molar-refractivity contribution is -0.123. The number of rotatable bonds is 7. The monoisotopic (exact) mass is 562 g/mol. The van der Waals surface area contributed by atoms with Gasteiger partial charge in [0.25, 0.3) is 0 Å². The first kappa shape index (κ1) is 28.2. The first-order valence-electron chi connectivity index (χ1n) is 13.8. The summed E-state index contributed by atoms with van der Waals surface area (Å²) in [6, 6.07) is 16.0. The number of carbonyl (C=O) groups is 2. The summed E-state index contributed by atoms with van der Waals surface area (Å²) in [5.41, 5.74) is 4.61. The molecule has 3 heterocycles. The minimum absolute atomic E-state index is 0.0259. The molecule has 0 aliphatic carbocycles. The van der Waals surface area contributed by atoms with Gasteiger partial charge in [0.1, 0.15) is 18.1 Å². The summed E-state index contributed by atoms with van der Waals surface area (Å²) in [6.45, 7) is 9.56. The molecule has 1 N–H and O–H groups in total. The SMILES string of the molecule is COc1ccc(-n2nc(C(C)(C)C)c3c2N(CC(=O)NC[C@H]2CCCO2)C(=O)CS[C@H]3c2cccc(C)c2)cc1. The Hall–Kier alpha value is -3.30. The van der Waals surface area contributed by atoms with Crippen LogP contribution < -0.4 is 15.0 Å². The third kappa shape index (κ3) is 5.90. The van der Waals surface area contributed by atoms with E-state index >= 15 is 0 Å². The van der Waals surface area contributed by atoms with Crippen molar-refractivity contribution in [2.45, 2.75) is 57.3 Å². The first-order chi connectivity index (χ1) is 19.2. The second-order valence-electron chi connectivity index (χ2n) is 11.5. The van der Waals surface area contributed by atoms with Crippen molar-refractivity contribution in [2.75, 3.05) is 37.5 Å². The van der Waals surface area contributed by atoms with Crippen LogP contribution in [-0.4, -0.2) is 60.3 Å². The number of methoxy groups -OCH3 is 1. The molecule has 2 aliphatic heterocycles. The molecule has 3 aromatic rings. The molecule has 1 aromatic heterocycles. The lowest BCUT2D eigenvalue weighted by Gasteiger charge is -2.25. The number of anilines is 1. The number of carbonyl (C=O) groups excluding carboxylic acids is 2. The van der Waals surface area contributed by atoms with Gasteiger partial charge in [-0.3, -0.25) is 14.5 Å². The van der Waals surface area contributed by atoms with Gasteiger partial charge in [0.05, 0.1) is 35.6 Å². The molecule has 9 heteroatoms. The summed E-state index contributed by atoms with van der Waals surface area (Å²) >= 11 is 1.59. The van der Waals surface area contributed by atoms with E-state index in [1.807, 2.05) is 28.9 Å². The number of thioether (sulfide) groups is 1. The first-order valence-corrected chi connectivity index (χ1v) is 14.8. The Morgan fingerprint density at radius 2 is 1.98 bits per heavy atom. The molecule has 8 nitrogen and oxygen atoms in total. The van der Waals surface area contributed by atoms with Crippen LogP contribution in [-0.2, 0) is 19.7 Å². The zero-order valence-corrected chi connectivity index (χ0v) is 24.7. The zero-order chi connectivity index (χ0) is 28.4. The van der Waals surface area contributed by atoms with E-state index < -0.39 is 0 Å². The Labute approximate surface area is 240 Å². The average molecular weight is 563 g/mol. The van der Waals surface area contributed by atoms with Crippen molar-refractivity contribution in [1.82, 2.24) is 15.1 Å². The van der Waals surface area contributed by atoms with Crippen molar-refractivity contribution in [3.05, 3.63) is 70.9 Å². The number of benzene rings is 2. The highest BCUT2D eigenvalue weighted by molar-refractivity contribution is 8.00. The third-order valence-electron chi connectivity index (χ3n) is 7.31. The highest BCUT2D eigenvalue weighted by Crippen LogP contribution is 2.48. The molecule has 1 fully saturated rings. The quantitative estimate of drug-likeness (QED) is 0.439. The topological polar surface area (TPSA) is 85.7 Å². The maximum absolute atomic E-state index is 13.8. The van der Waals surface area contributed by atoms with E-state index in [9.17, 15) is 9.59 Å². The van der Waals surface area contributed by atoms with E-state index in [1.54, 1.807) is 23.8 Å². The fourth-order valence-electron chi connectivity index (χ4n) is 5.31. The Kier molecular flexibility index (Phi) is 8.24. The molecule has 2 aliphatic rings. The van der Waals surface area contributed by atoms with Crippen molar-refractivity contribution in [3.63, 3.8) is 0 Å². The van der Waals surface area contributed by atoms with Crippen LogP contribution in [0.2, 0.25) is 0 Å². The van der Waals surface area contributed by atoms with E-state index in [4.69, 9.17) is 14.6 Å².